The van der Waals surface area contributed by atoms with Gasteiger partial charge in [-0.05, 0) is 17.9 Å². The lowest BCUT2D eigenvalue weighted by atomic mass is 9.86. The summed E-state index contributed by atoms with van der Waals surface area (Å²) in [6.45, 7) is 4.28. The molecule has 3 amide bonds. The predicted molar refractivity (Wildman–Crippen MR) is 105 cm³/mol. The van der Waals surface area contributed by atoms with Gasteiger partial charge in [-0.3, -0.25) is 19.2 Å². The first-order valence-electron chi connectivity index (χ1n) is 9.55. The van der Waals surface area contributed by atoms with E-state index in [-0.39, 0.29) is 30.8 Å². The molecule has 1 aromatic rings. The standard InChI is InChI=1S/C21H29N3O4/c1-14(2)11-22-20(27)19(26)17-12-24(13-18(25)23(3)4)21(28)16(17)10-15-8-6-5-7-9-15/h5-9,14,16-17H,10-13H2,1-4H3,(H,22,27)/t16-,17+/m1/s1. The number of carbonyl (C=O) groups is 4. The van der Waals surface area contributed by atoms with Crippen LogP contribution in [0.5, 0.6) is 0 Å². The van der Waals surface area contributed by atoms with E-state index < -0.39 is 23.5 Å². The topological polar surface area (TPSA) is 86.8 Å². The van der Waals surface area contributed by atoms with Crippen molar-refractivity contribution in [2.75, 3.05) is 33.7 Å². The molecule has 28 heavy (non-hydrogen) atoms. The van der Waals surface area contributed by atoms with Crippen LogP contribution in [0.15, 0.2) is 30.3 Å². The van der Waals surface area contributed by atoms with E-state index in [2.05, 4.69) is 5.32 Å². The molecule has 1 heterocycles. The molecule has 0 bridgehead atoms. The fraction of sp³-hybridized carbons (Fsp3) is 0.524. The Kier molecular flexibility index (Phi) is 7.31. The number of carbonyl (C=O) groups excluding carboxylic acids is 4. The van der Waals surface area contributed by atoms with Crippen LogP contribution in [0, 0.1) is 17.8 Å². The number of rotatable bonds is 8. The number of benzene rings is 1. The van der Waals surface area contributed by atoms with Crippen molar-refractivity contribution in [3.8, 4) is 0 Å². The summed E-state index contributed by atoms with van der Waals surface area (Å²) in [6, 6.07) is 9.40. The van der Waals surface area contributed by atoms with Gasteiger partial charge in [0.15, 0.2) is 0 Å². The molecular formula is C21H29N3O4. The van der Waals surface area contributed by atoms with Gasteiger partial charge in [-0.1, -0.05) is 44.2 Å². The van der Waals surface area contributed by atoms with Gasteiger partial charge in [-0.2, -0.15) is 0 Å². The summed E-state index contributed by atoms with van der Waals surface area (Å²) >= 11 is 0. The smallest absolute Gasteiger partial charge is 0.287 e. The minimum Gasteiger partial charge on any atom is -0.349 e. The van der Waals surface area contributed by atoms with Gasteiger partial charge in [0, 0.05) is 27.2 Å². The molecule has 0 radical (unpaired) electrons. The number of Topliss-reactive ketones (excluding diaryl/α,β-unsaturated/α-hetero) is 1. The van der Waals surface area contributed by atoms with Crippen molar-refractivity contribution in [3.05, 3.63) is 35.9 Å². The summed E-state index contributed by atoms with van der Waals surface area (Å²) in [7, 11) is 3.23. The number of nitrogens with zero attached hydrogens (tertiary/aromatic N) is 2. The molecule has 1 saturated heterocycles. The Balaban J connectivity index is 2.20. The van der Waals surface area contributed by atoms with Gasteiger partial charge in [-0.15, -0.1) is 0 Å². The number of hydrogen-bond acceptors (Lipinski definition) is 4. The quantitative estimate of drug-likeness (QED) is 0.667. The lowest BCUT2D eigenvalue weighted by molar-refractivity contribution is -0.141. The summed E-state index contributed by atoms with van der Waals surface area (Å²) in [5.41, 5.74) is 0.919. The van der Waals surface area contributed by atoms with E-state index in [4.69, 9.17) is 0 Å². The first-order chi connectivity index (χ1) is 13.2. The molecule has 7 heteroatoms. The molecule has 0 saturated carbocycles. The first kappa shape index (κ1) is 21.6. The van der Waals surface area contributed by atoms with Crippen LogP contribution >= 0.6 is 0 Å². The van der Waals surface area contributed by atoms with E-state index in [1.54, 1.807) is 14.1 Å². The second-order valence-corrected chi connectivity index (χ2v) is 7.88. The molecule has 1 aliphatic heterocycles. The number of amides is 3. The van der Waals surface area contributed by atoms with Crippen LogP contribution in [0.25, 0.3) is 0 Å². The summed E-state index contributed by atoms with van der Waals surface area (Å²) < 4.78 is 0. The predicted octanol–water partition coefficient (Wildman–Crippen LogP) is 0.733. The Morgan fingerprint density at radius 2 is 1.82 bits per heavy atom. The van der Waals surface area contributed by atoms with E-state index in [1.165, 1.54) is 9.80 Å². The zero-order valence-electron chi connectivity index (χ0n) is 17.0. The van der Waals surface area contributed by atoms with E-state index in [1.807, 2.05) is 44.2 Å². The molecule has 1 fully saturated rings. The summed E-state index contributed by atoms with van der Waals surface area (Å²) in [6.07, 6.45) is 0.361. The molecule has 1 N–H and O–H groups in total. The van der Waals surface area contributed by atoms with Gasteiger partial charge in [0.05, 0.1) is 18.4 Å². The molecule has 1 aromatic carbocycles. The highest BCUT2D eigenvalue weighted by atomic mass is 16.2. The van der Waals surface area contributed by atoms with E-state index in [0.717, 1.165) is 5.56 Å². The highest BCUT2D eigenvalue weighted by Crippen LogP contribution is 2.29. The SMILES string of the molecule is CC(C)CNC(=O)C(=O)[C@H]1CN(CC(=O)N(C)C)C(=O)[C@@H]1Cc1ccccc1. The third-order valence-corrected chi connectivity index (χ3v) is 4.89. The Morgan fingerprint density at radius 3 is 2.39 bits per heavy atom. The van der Waals surface area contributed by atoms with E-state index >= 15 is 0 Å². The largest absolute Gasteiger partial charge is 0.349 e. The van der Waals surface area contributed by atoms with Crippen LogP contribution in [0.1, 0.15) is 19.4 Å². The highest BCUT2D eigenvalue weighted by molar-refractivity contribution is 6.37. The average Bonchev–Trinajstić information content (AvgIpc) is 2.95. The average molecular weight is 387 g/mol. The van der Waals surface area contributed by atoms with Gasteiger partial charge >= 0.3 is 0 Å². The van der Waals surface area contributed by atoms with Crippen molar-refractivity contribution >= 4 is 23.5 Å². The zero-order valence-corrected chi connectivity index (χ0v) is 17.0. The second-order valence-electron chi connectivity index (χ2n) is 7.88. The summed E-state index contributed by atoms with van der Waals surface area (Å²) in [5.74, 6) is -2.90. The lowest BCUT2D eigenvalue weighted by Gasteiger charge is -2.18. The molecule has 1 aliphatic rings. The molecule has 7 nitrogen and oxygen atoms in total. The third kappa shape index (κ3) is 5.41. The maximum Gasteiger partial charge on any atom is 0.287 e. The maximum absolute atomic E-state index is 12.9. The minimum absolute atomic E-state index is 0.0871. The molecular weight excluding hydrogens is 358 g/mol. The fourth-order valence-corrected chi connectivity index (χ4v) is 3.22. The number of nitrogens with one attached hydrogen (secondary N) is 1. The molecule has 0 spiro atoms. The van der Waals surface area contributed by atoms with E-state index in [9.17, 15) is 19.2 Å². The Bertz CT molecular complexity index is 730. The molecule has 152 valence electrons. The Morgan fingerprint density at radius 1 is 1.18 bits per heavy atom. The van der Waals surface area contributed by atoms with Gasteiger partial charge < -0.3 is 15.1 Å². The van der Waals surface area contributed by atoms with Crippen LogP contribution < -0.4 is 5.32 Å². The van der Waals surface area contributed by atoms with E-state index in [0.29, 0.717) is 13.0 Å². The number of ketones is 1. The number of likely N-dealkylation sites (tertiary alicyclic amines) is 1. The molecule has 2 rings (SSSR count). The Hall–Kier alpha value is -2.70. The maximum atomic E-state index is 12.9. The summed E-state index contributed by atoms with van der Waals surface area (Å²) in [4.78, 5) is 52.9. The van der Waals surface area contributed by atoms with Crippen molar-refractivity contribution < 1.29 is 19.2 Å². The minimum atomic E-state index is -0.755. The van der Waals surface area contributed by atoms with Crippen molar-refractivity contribution in [1.82, 2.24) is 15.1 Å². The Labute approximate surface area is 166 Å². The van der Waals surface area contributed by atoms with Crippen molar-refractivity contribution in [2.24, 2.45) is 17.8 Å². The highest BCUT2D eigenvalue weighted by Gasteiger charge is 2.46. The first-order valence-corrected chi connectivity index (χ1v) is 9.55. The van der Waals surface area contributed by atoms with Gasteiger partial charge in [0.2, 0.25) is 17.6 Å². The van der Waals surface area contributed by atoms with Crippen LogP contribution in [-0.2, 0) is 25.6 Å². The van der Waals surface area contributed by atoms with Crippen LogP contribution in [0.3, 0.4) is 0 Å². The normalized spacial score (nSPS) is 19.0. The molecule has 0 aliphatic carbocycles. The van der Waals surface area contributed by atoms with Crippen molar-refractivity contribution in [3.63, 3.8) is 0 Å². The van der Waals surface area contributed by atoms with Crippen LogP contribution in [0.2, 0.25) is 0 Å². The number of likely N-dealkylation sites (N-methyl/N-ethyl adjacent to an activating group) is 1. The molecule has 0 unspecified atom stereocenters. The second kappa shape index (κ2) is 9.48. The fourth-order valence-electron chi connectivity index (χ4n) is 3.22. The summed E-state index contributed by atoms with van der Waals surface area (Å²) in [5, 5.41) is 2.64. The van der Waals surface area contributed by atoms with Gasteiger partial charge in [-0.25, -0.2) is 0 Å². The monoisotopic (exact) mass is 387 g/mol. The van der Waals surface area contributed by atoms with Gasteiger partial charge in [0.25, 0.3) is 5.91 Å². The lowest BCUT2D eigenvalue weighted by Crippen LogP contribution is -2.40. The van der Waals surface area contributed by atoms with Gasteiger partial charge in [0.1, 0.15) is 0 Å². The van der Waals surface area contributed by atoms with Crippen molar-refractivity contribution in [1.29, 1.82) is 0 Å². The third-order valence-electron chi connectivity index (χ3n) is 4.89. The van der Waals surface area contributed by atoms with Crippen LogP contribution in [-0.4, -0.2) is 67.0 Å². The van der Waals surface area contributed by atoms with Crippen LogP contribution in [0.4, 0.5) is 0 Å². The molecule has 0 aromatic heterocycles. The van der Waals surface area contributed by atoms with Crippen molar-refractivity contribution in [2.45, 2.75) is 20.3 Å². The number of hydrogen-bond donors (Lipinski definition) is 1. The molecule has 2 atom stereocenters. The zero-order chi connectivity index (χ0) is 20.8.